The van der Waals surface area contributed by atoms with Gasteiger partial charge in [0, 0.05) is 50.1 Å². The first-order valence-corrected chi connectivity index (χ1v) is 10.7. The van der Waals surface area contributed by atoms with Gasteiger partial charge in [-0.1, -0.05) is 0 Å². The number of carbonyl (C=O) groups is 2. The van der Waals surface area contributed by atoms with E-state index in [1.807, 2.05) is 0 Å². The minimum absolute atomic E-state index is 0.108. The van der Waals surface area contributed by atoms with E-state index in [2.05, 4.69) is 4.98 Å². The Morgan fingerprint density at radius 1 is 0.912 bits per heavy atom. The fourth-order valence-electron chi connectivity index (χ4n) is 3.69. The van der Waals surface area contributed by atoms with E-state index in [1.54, 1.807) is 17.0 Å². The fraction of sp³-hybridized carbons (Fsp3) is 0.292. The summed E-state index contributed by atoms with van der Waals surface area (Å²) < 4.78 is 56.8. The van der Waals surface area contributed by atoms with Gasteiger partial charge in [-0.05, 0) is 48.5 Å². The van der Waals surface area contributed by atoms with Crippen LogP contribution in [0.25, 0.3) is 11.3 Å². The van der Waals surface area contributed by atoms with Gasteiger partial charge in [0.25, 0.3) is 5.91 Å². The highest BCUT2D eigenvalue weighted by atomic mass is 19.4. The molecule has 0 saturated carbocycles. The first-order valence-electron chi connectivity index (χ1n) is 10.7. The van der Waals surface area contributed by atoms with Crippen LogP contribution in [0.15, 0.2) is 59.1 Å². The summed E-state index contributed by atoms with van der Waals surface area (Å²) in [6.07, 6.45) is -2.46. The number of hydrogen-bond acceptors (Lipinski definition) is 4. The summed E-state index contributed by atoms with van der Waals surface area (Å²) in [6, 6.07) is 9.91. The van der Waals surface area contributed by atoms with Crippen LogP contribution in [0.3, 0.4) is 0 Å². The number of oxazole rings is 1. The molecular formula is C24H21F4N3O3. The molecule has 1 aromatic heterocycles. The van der Waals surface area contributed by atoms with Crippen molar-refractivity contribution < 1.29 is 31.6 Å². The van der Waals surface area contributed by atoms with E-state index in [-0.39, 0.29) is 29.6 Å². The molecule has 3 aromatic rings. The molecule has 0 atom stereocenters. The zero-order valence-corrected chi connectivity index (χ0v) is 18.0. The summed E-state index contributed by atoms with van der Waals surface area (Å²) in [6.45, 7) is 1.24. The summed E-state index contributed by atoms with van der Waals surface area (Å²) in [5.41, 5.74) is 0.0456. The number of alkyl halides is 3. The molecule has 1 fully saturated rings. The van der Waals surface area contributed by atoms with E-state index in [0.717, 1.165) is 12.1 Å². The molecule has 1 aliphatic rings. The van der Waals surface area contributed by atoms with Crippen LogP contribution in [0.5, 0.6) is 0 Å². The maximum Gasteiger partial charge on any atom is 0.416 e. The second-order valence-corrected chi connectivity index (χ2v) is 7.87. The first-order chi connectivity index (χ1) is 16.2. The Hall–Kier alpha value is -3.69. The zero-order chi connectivity index (χ0) is 24.3. The monoisotopic (exact) mass is 475 g/mol. The normalized spacial score (nSPS) is 14.4. The molecular weight excluding hydrogens is 454 g/mol. The van der Waals surface area contributed by atoms with Crippen molar-refractivity contribution in [2.45, 2.75) is 19.0 Å². The van der Waals surface area contributed by atoms with Gasteiger partial charge in [0.15, 0.2) is 11.7 Å². The molecule has 10 heteroatoms. The summed E-state index contributed by atoms with van der Waals surface area (Å²) >= 11 is 0. The number of nitrogens with zero attached hydrogens (tertiary/aromatic N) is 3. The van der Waals surface area contributed by atoms with Gasteiger partial charge in [-0.15, -0.1) is 0 Å². The van der Waals surface area contributed by atoms with Crippen molar-refractivity contribution in [3.63, 3.8) is 0 Å². The van der Waals surface area contributed by atoms with E-state index >= 15 is 0 Å². The minimum atomic E-state index is -4.46. The molecule has 0 N–H and O–H groups in total. The Kier molecular flexibility index (Phi) is 6.67. The van der Waals surface area contributed by atoms with Crippen LogP contribution < -0.4 is 0 Å². The second kappa shape index (κ2) is 9.66. The predicted molar refractivity (Wildman–Crippen MR) is 114 cm³/mol. The predicted octanol–water partition coefficient (Wildman–Crippen LogP) is 4.42. The van der Waals surface area contributed by atoms with E-state index in [1.165, 1.54) is 35.4 Å². The first kappa shape index (κ1) is 23.5. The number of amides is 2. The highest BCUT2D eigenvalue weighted by molar-refractivity contribution is 5.94. The van der Waals surface area contributed by atoms with Crippen LogP contribution in [0.2, 0.25) is 0 Å². The molecule has 2 amide bonds. The lowest BCUT2D eigenvalue weighted by Crippen LogP contribution is -2.50. The van der Waals surface area contributed by atoms with Gasteiger partial charge in [-0.2, -0.15) is 13.2 Å². The van der Waals surface area contributed by atoms with Crippen molar-refractivity contribution in [3.05, 3.63) is 77.6 Å². The lowest BCUT2D eigenvalue weighted by atomic mass is 10.1. The van der Waals surface area contributed by atoms with Gasteiger partial charge in [0.2, 0.25) is 5.91 Å². The number of piperazine rings is 1. The molecule has 1 saturated heterocycles. The zero-order valence-electron chi connectivity index (χ0n) is 18.0. The number of halogens is 4. The molecule has 0 bridgehead atoms. The SMILES string of the molecule is O=C(CCc1ncc(-c2ccc(F)cc2)o1)N1CCN(C(=O)c2ccc(C(F)(F)F)cc2)CC1. The van der Waals surface area contributed by atoms with Crippen LogP contribution in [-0.4, -0.2) is 52.8 Å². The molecule has 0 unspecified atom stereocenters. The third kappa shape index (κ3) is 5.44. The summed E-state index contributed by atoms with van der Waals surface area (Å²) in [4.78, 5) is 32.5. The van der Waals surface area contributed by atoms with Crippen molar-refractivity contribution >= 4 is 11.8 Å². The Balaban J connectivity index is 1.26. The van der Waals surface area contributed by atoms with Gasteiger partial charge in [-0.25, -0.2) is 9.37 Å². The van der Waals surface area contributed by atoms with E-state index in [9.17, 15) is 27.2 Å². The van der Waals surface area contributed by atoms with Crippen molar-refractivity contribution in [1.82, 2.24) is 14.8 Å². The number of benzene rings is 2. The Morgan fingerprint density at radius 2 is 1.53 bits per heavy atom. The molecule has 2 heterocycles. The average Bonchev–Trinajstić information content (AvgIpc) is 3.31. The Labute approximate surface area is 192 Å². The van der Waals surface area contributed by atoms with E-state index in [0.29, 0.717) is 49.8 Å². The standard InChI is InChI=1S/C24H21F4N3O3/c25-19-7-3-16(4-8-19)20-15-29-21(34-20)9-10-22(32)30-11-13-31(14-12-30)23(33)17-1-5-18(6-2-17)24(26,27)28/h1-8,15H,9-14H2. The summed E-state index contributed by atoms with van der Waals surface area (Å²) in [5, 5.41) is 0. The quantitative estimate of drug-likeness (QED) is 0.513. The highest BCUT2D eigenvalue weighted by Gasteiger charge is 2.31. The van der Waals surface area contributed by atoms with Crippen molar-refractivity contribution in [1.29, 1.82) is 0 Å². The van der Waals surface area contributed by atoms with E-state index in [4.69, 9.17) is 4.42 Å². The number of rotatable bonds is 5. The third-order valence-corrected chi connectivity index (χ3v) is 5.61. The maximum atomic E-state index is 13.1. The van der Waals surface area contributed by atoms with Crippen LogP contribution in [0, 0.1) is 5.82 Å². The fourth-order valence-corrected chi connectivity index (χ4v) is 3.69. The van der Waals surface area contributed by atoms with Crippen LogP contribution in [0.4, 0.5) is 17.6 Å². The van der Waals surface area contributed by atoms with Crippen LogP contribution >= 0.6 is 0 Å². The lowest BCUT2D eigenvalue weighted by Gasteiger charge is -2.35. The Morgan fingerprint density at radius 3 is 2.15 bits per heavy atom. The lowest BCUT2D eigenvalue weighted by molar-refractivity contribution is -0.137. The van der Waals surface area contributed by atoms with Crippen LogP contribution in [-0.2, 0) is 17.4 Å². The van der Waals surface area contributed by atoms with Gasteiger partial charge < -0.3 is 14.2 Å². The van der Waals surface area contributed by atoms with Crippen molar-refractivity contribution in [3.8, 4) is 11.3 Å². The number of aryl methyl sites for hydroxylation is 1. The number of aromatic nitrogens is 1. The molecule has 178 valence electrons. The molecule has 2 aromatic carbocycles. The van der Waals surface area contributed by atoms with Gasteiger partial charge in [0.05, 0.1) is 11.8 Å². The maximum absolute atomic E-state index is 13.1. The summed E-state index contributed by atoms with van der Waals surface area (Å²) in [5.74, 6) is 0.0500. The molecule has 1 aliphatic heterocycles. The topological polar surface area (TPSA) is 66.7 Å². The Bertz CT molecular complexity index is 1150. The number of carbonyl (C=O) groups excluding carboxylic acids is 2. The minimum Gasteiger partial charge on any atom is -0.441 e. The van der Waals surface area contributed by atoms with Crippen molar-refractivity contribution in [2.24, 2.45) is 0 Å². The largest absolute Gasteiger partial charge is 0.441 e. The highest BCUT2D eigenvalue weighted by Crippen LogP contribution is 2.29. The van der Waals surface area contributed by atoms with Gasteiger partial charge in [0.1, 0.15) is 5.82 Å². The van der Waals surface area contributed by atoms with Crippen LogP contribution in [0.1, 0.15) is 28.2 Å². The average molecular weight is 475 g/mol. The molecule has 6 nitrogen and oxygen atoms in total. The molecule has 0 radical (unpaired) electrons. The smallest absolute Gasteiger partial charge is 0.416 e. The third-order valence-electron chi connectivity index (χ3n) is 5.61. The van der Waals surface area contributed by atoms with Crippen molar-refractivity contribution in [2.75, 3.05) is 26.2 Å². The molecule has 0 aliphatic carbocycles. The molecule has 34 heavy (non-hydrogen) atoms. The number of hydrogen-bond donors (Lipinski definition) is 0. The summed E-state index contributed by atoms with van der Waals surface area (Å²) in [7, 11) is 0. The second-order valence-electron chi connectivity index (χ2n) is 7.87. The van der Waals surface area contributed by atoms with E-state index < -0.39 is 11.7 Å². The van der Waals surface area contributed by atoms with Gasteiger partial charge >= 0.3 is 6.18 Å². The molecule has 0 spiro atoms. The molecule has 4 rings (SSSR count). The van der Waals surface area contributed by atoms with Gasteiger partial charge in [-0.3, -0.25) is 9.59 Å².